The van der Waals surface area contributed by atoms with Gasteiger partial charge in [0.15, 0.2) is 5.78 Å². The second-order valence-corrected chi connectivity index (χ2v) is 3.00. The average Bonchev–Trinajstić information content (AvgIpc) is 2.02. The molecule has 0 spiro atoms. The van der Waals surface area contributed by atoms with Crippen molar-refractivity contribution < 1.29 is 9.59 Å². The van der Waals surface area contributed by atoms with Gasteiger partial charge < -0.3 is 10.2 Å². The first kappa shape index (κ1) is 11.7. The number of allylic oxidation sites excluding steroid dienone is 1. The van der Waals surface area contributed by atoms with Gasteiger partial charge in [-0.1, -0.05) is 0 Å². The number of nitrogens with one attached hydrogen (secondary N) is 1. The topological polar surface area (TPSA) is 49.4 Å². The molecule has 4 heteroatoms. The van der Waals surface area contributed by atoms with Crippen molar-refractivity contribution in [1.29, 1.82) is 0 Å². The van der Waals surface area contributed by atoms with Gasteiger partial charge in [0.25, 0.3) is 0 Å². The van der Waals surface area contributed by atoms with E-state index in [9.17, 15) is 9.59 Å². The molecule has 0 aliphatic heterocycles. The molecular weight excluding hydrogens is 168 g/mol. The third-order valence-corrected chi connectivity index (χ3v) is 1.54. The van der Waals surface area contributed by atoms with Crippen molar-refractivity contribution >= 4 is 11.7 Å². The number of nitrogens with zero attached hydrogens (tertiary/aromatic N) is 1. The Morgan fingerprint density at radius 2 is 1.92 bits per heavy atom. The SMILES string of the molecule is CN/C(=C/C(C)=O)CC(=O)N(C)C. The van der Waals surface area contributed by atoms with Gasteiger partial charge in [-0.25, -0.2) is 0 Å². The van der Waals surface area contributed by atoms with Crippen LogP contribution in [0.1, 0.15) is 13.3 Å². The lowest BCUT2D eigenvalue weighted by atomic mass is 10.2. The van der Waals surface area contributed by atoms with Crippen molar-refractivity contribution in [2.45, 2.75) is 13.3 Å². The van der Waals surface area contributed by atoms with Crippen molar-refractivity contribution in [3.05, 3.63) is 11.8 Å². The molecule has 0 rings (SSSR count). The standard InChI is InChI=1S/C9H16N2O2/c1-7(12)5-8(10-2)6-9(13)11(3)4/h5,10H,6H2,1-4H3/b8-5+. The van der Waals surface area contributed by atoms with E-state index >= 15 is 0 Å². The highest BCUT2D eigenvalue weighted by atomic mass is 16.2. The van der Waals surface area contributed by atoms with E-state index in [1.807, 2.05) is 0 Å². The molecule has 0 aromatic rings. The molecule has 1 N–H and O–H groups in total. The molecule has 0 aromatic heterocycles. The van der Waals surface area contributed by atoms with Crippen molar-refractivity contribution in [2.75, 3.05) is 21.1 Å². The number of amides is 1. The maximum absolute atomic E-state index is 11.2. The first-order valence-corrected chi connectivity index (χ1v) is 4.06. The molecule has 0 saturated carbocycles. The van der Waals surface area contributed by atoms with Gasteiger partial charge in [-0.2, -0.15) is 0 Å². The van der Waals surface area contributed by atoms with E-state index in [0.717, 1.165) is 0 Å². The number of hydrogen-bond donors (Lipinski definition) is 1. The normalized spacial score (nSPS) is 10.9. The van der Waals surface area contributed by atoms with E-state index in [0.29, 0.717) is 5.70 Å². The van der Waals surface area contributed by atoms with Crippen LogP contribution in [0.3, 0.4) is 0 Å². The summed E-state index contributed by atoms with van der Waals surface area (Å²) in [4.78, 5) is 23.4. The molecule has 4 nitrogen and oxygen atoms in total. The van der Waals surface area contributed by atoms with Crippen LogP contribution in [-0.2, 0) is 9.59 Å². The average molecular weight is 184 g/mol. The molecule has 0 unspecified atom stereocenters. The van der Waals surface area contributed by atoms with E-state index in [-0.39, 0.29) is 18.1 Å². The summed E-state index contributed by atoms with van der Waals surface area (Å²) in [5.41, 5.74) is 0.645. The Bertz CT molecular complexity index is 232. The Hall–Kier alpha value is -1.32. The number of carbonyl (C=O) groups excluding carboxylic acids is 2. The van der Waals surface area contributed by atoms with Crippen molar-refractivity contribution in [2.24, 2.45) is 0 Å². The molecule has 0 heterocycles. The van der Waals surface area contributed by atoms with Crippen molar-refractivity contribution in [1.82, 2.24) is 10.2 Å². The summed E-state index contributed by atoms with van der Waals surface area (Å²) in [6.45, 7) is 1.46. The van der Waals surface area contributed by atoms with E-state index < -0.39 is 0 Å². The van der Waals surface area contributed by atoms with Crippen LogP contribution in [0.2, 0.25) is 0 Å². The Labute approximate surface area is 78.6 Å². The van der Waals surface area contributed by atoms with Crippen LogP contribution in [-0.4, -0.2) is 37.7 Å². The number of hydrogen-bond acceptors (Lipinski definition) is 3. The van der Waals surface area contributed by atoms with Gasteiger partial charge in [-0.15, -0.1) is 0 Å². The van der Waals surface area contributed by atoms with Gasteiger partial charge in [-0.3, -0.25) is 9.59 Å². The first-order chi connectivity index (χ1) is 5.97. The fourth-order valence-electron chi connectivity index (χ4n) is 0.778. The zero-order valence-electron chi connectivity index (χ0n) is 8.55. The second-order valence-electron chi connectivity index (χ2n) is 3.00. The lowest BCUT2D eigenvalue weighted by Crippen LogP contribution is -2.24. The van der Waals surface area contributed by atoms with Crippen LogP contribution >= 0.6 is 0 Å². The van der Waals surface area contributed by atoms with Gasteiger partial charge in [0.2, 0.25) is 5.91 Å². The van der Waals surface area contributed by atoms with Crippen LogP contribution in [0.4, 0.5) is 0 Å². The quantitative estimate of drug-likeness (QED) is 0.633. The fraction of sp³-hybridized carbons (Fsp3) is 0.556. The summed E-state index contributed by atoms with van der Waals surface area (Å²) < 4.78 is 0. The number of carbonyl (C=O) groups is 2. The first-order valence-electron chi connectivity index (χ1n) is 4.06. The number of rotatable bonds is 4. The Balaban J connectivity index is 4.30. The van der Waals surface area contributed by atoms with Gasteiger partial charge in [-0.05, 0) is 6.92 Å². The van der Waals surface area contributed by atoms with Crippen LogP contribution < -0.4 is 5.32 Å². The Morgan fingerprint density at radius 1 is 1.38 bits per heavy atom. The zero-order chi connectivity index (χ0) is 10.4. The summed E-state index contributed by atoms with van der Waals surface area (Å²) in [6.07, 6.45) is 1.67. The minimum Gasteiger partial charge on any atom is -0.391 e. The molecule has 0 radical (unpaired) electrons. The lowest BCUT2D eigenvalue weighted by Gasteiger charge is -2.11. The molecule has 0 aromatic carbocycles. The monoisotopic (exact) mass is 184 g/mol. The predicted octanol–water partition coefficient (Wildman–Crippen LogP) is 0.157. The molecule has 0 saturated heterocycles. The zero-order valence-corrected chi connectivity index (χ0v) is 8.55. The van der Waals surface area contributed by atoms with Gasteiger partial charge >= 0.3 is 0 Å². The van der Waals surface area contributed by atoms with E-state index in [2.05, 4.69) is 5.32 Å². The smallest absolute Gasteiger partial charge is 0.227 e. The summed E-state index contributed by atoms with van der Waals surface area (Å²) >= 11 is 0. The summed E-state index contributed by atoms with van der Waals surface area (Å²) in [5.74, 6) is -0.0854. The predicted molar refractivity (Wildman–Crippen MR) is 51.1 cm³/mol. The molecule has 74 valence electrons. The van der Waals surface area contributed by atoms with Gasteiger partial charge in [0, 0.05) is 32.9 Å². The van der Waals surface area contributed by atoms with E-state index in [1.165, 1.54) is 17.9 Å². The molecule has 0 bridgehead atoms. The maximum atomic E-state index is 11.2. The molecule has 0 fully saturated rings. The highest BCUT2D eigenvalue weighted by Gasteiger charge is 2.06. The molecule has 0 atom stereocenters. The summed E-state index contributed by atoms with van der Waals surface area (Å²) in [6, 6.07) is 0. The van der Waals surface area contributed by atoms with Crippen molar-refractivity contribution in [3.63, 3.8) is 0 Å². The fourth-order valence-corrected chi connectivity index (χ4v) is 0.778. The van der Waals surface area contributed by atoms with Gasteiger partial charge in [0.1, 0.15) is 0 Å². The third-order valence-electron chi connectivity index (χ3n) is 1.54. The second kappa shape index (κ2) is 5.35. The van der Waals surface area contributed by atoms with Crippen LogP contribution in [0, 0.1) is 0 Å². The highest BCUT2D eigenvalue weighted by Crippen LogP contribution is 1.99. The molecular formula is C9H16N2O2. The minimum absolute atomic E-state index is 0.0261. The van der Waals surface area contributed by atoms with E-state index in [4.69, 9.17) is 0 Å². The Morgan fingerprint density at radius 3 is 2.23 bits per heavy atom. The molecule has 0 aliphatic carbocycles. The van der Waals surface area contributed by atoms with E-state index in [1.54, 1.807) is 21.1 Å². The molecule has 13 heavy (non-hydrogen) atoms. The highest BCUT2D eigenvalue weighted by molar-refractivity contribution is 5.89. The summed E-state index contributed by atoms with van der Waals surface area (Å²) in [7, 11) is 5.06. The molecule has 0 aliphatic rings. The van der Waals surface area contributed by atoms with Crippen molar-refractivity contribution in [3.8, 4) is 0 Å². The largest absolute Gasteiger partial charge is 0.391 e. The maximum Gasteiger partial charge on any atom is 0.227 e. The van der Waals surface area contributed by atoms with Crippen LogP contribution in [0.15, 0.2) is 11.8 Å². The van der Waals surface area contributed by atoms with Gasteiger partial charge in [0.05, 0.1) is 6.42 Å². The van der Waals surface area contributed by atoms with Crippen LogP contribution in [0.25, 0.3) is 0 Å². The van der Waals surface area contributed by atoms with Crippen LogP contribution in [0.5, 0.6) is 0 Å². The Kier molecular flexibility index (Phi) is 4.80. The summed E-state index contributed by atoms with van der Waals surface area (Å²) in [5, 5.41) is 2.81. The molecule has 1 amide bonds. The minimum atomic E-state index is -0.0593. The third kappa shape index (κ3) is 5.00. The lowest BCUT2D eigenvalue weighted by molar-refractivity contribution is -0.128. The number of ketones is 1.